The number of hydrogen-bond donors (Lipinski definition) is 2. The molecule has 0 bridgehead atoms. The molecular formula is C23H19F6N3O. The second-order valence-corrected chi connectivity index (χ2v) is 7.30. The second-order valence-electron chi connectivity index (χ2n) is 7.30. The molecule has 3 aromatic rings. The van der Waals surface area contributed by atoms with Crippen molar-refractivity contribution >= 4 is 6.03 Å². The molecule has 3 rings (SSSR count). The van der Waals surface area contributed by atoms with Gasteiger partial charge in [0.25, 0.3) is 0 Å². The van der Waals surface area contributed by atoms with E-state index in [1.165, 1.54) is 0 Å². The lowest BCUT2D eigenvalue weighted by atomic mass is 9.98. The maximum absolute atomic E-state index is 13.6. The van der Waals surface area contributed by atoms with Gasteiger partial charge in [-0.3, -0.25) is 4.98 Å². The van der Waals surface area contributed by atoms with Crippen molar-refractivity contribution in [2.24, 2.45) is 0 Å². The van der Waals surface area contributed by atoms with E-state index in [9.17, 15) is 31.1 Å². The number of nitrogens with zero attached hydrogens (tertiary/aromatic N) is 1. The van der Waals surface area contributed by atoms with Gasteiger partial charge < -0.3 is 10.6 Å². The minimum atomic E-state index is -4.78. The van der Waals surface area contributed by atoms with Crippen molar-refractivity contribution in [1.82, 2.24) is 15.6 Å². The molecular weight excluding hydrogens is 448 g/mol. The largest absolute Gasteiger partial charge is 0.418 e. The van der Waals surface area contributed by atoms with Crippen LogP contribution in [0.25, 0.3) is 0 Å². The lowest BCUT2D eigenvalue weighted by Gasteiger charge is -2.23. The summed E-state index contributed by atoms with van der Waals surface area (Å²) >= 11 is 0. The number of nitrogens with one attached hydrogen (secondary N) is 2. The molecule has 0 saturated heterocycles. The Balaban J connectivity index is 1.92. The van der Waals surface area contributed by atoms with Crippen molar-refractivity contribution in [3.8, 4) is 0 Å². The summed E-state index contributed by atoms with van der Waals surface area (Å²) in [5, 5.41) is 4.96. The zero-order valence-corrected chi connectivity index (χ0v) is 17.3. The molecule has 1 heterocycles. The summed E-state index contributed by atoms with van der Waals surface area (Å²) in [4.78, 5) is 16.3. The number of amides is 2. The number of aromatic nitrogens is 1. The Morgan fingerprint density at radius 3 is 2.24 bits per heavy atom. The van der Waals surface area contributed by atoms with Crippen molar-refractivity contribution < 1.29 is 31.1 Å². The van der Waals surface area contributed by atoms with Gasteiger partial charge in [0.15, 0.2) is 0 Å². The van der Waals surface area contributed by atoms with Crippen molar-refractivity contribution in [3.63, 3.8) is 0 Å². The standard InChI is InChI=1S/C23H19F6N3O/c1-14-4-2-5-15(12-14)13-31-21(33)32-19(16-7-9-17(10-8-16)22(24,25)26)20-18(23(27,28)29)6-3-11-30-20/h2-12,19H,13H2,1H3,(H2,31,32,33)/t19-/m0/s1. The molecule has 0 aliphatic rings. The highest BCUT2D eigenvalue weighted by atomic mass is 19.4. The molecule has 0 aliphatic heterocycles. The number of benzene rings is 2. The lowest BCUT2D eigenvalue weighted by Crippen LogP contribution is -2.39. The van der Waals surface area contributed by atoms with Crippen molar-refractivity contribution in [2.75, 3.05) is 0 Å². The Morgan fingerprint density at radius 1 is 0.939 bits per heavy atom. The van der Waals surface area contributed by atoms with Crippen molar-refractivity contribution in [3.05, 3.63) is 100 Å². The van der Waals surface area contributed by atoms with E-state index >= 15 is 0 Å². The molecule has 0 saturated carbocycles. The number of alkyl halides is 6. The molecule has 174 valence electrons. The van der Waals surface area contributed by atoms with E-state index in [-0.39, 0.29) is 12.1 Å². The van der Waals surface area contributed by atoms with Crippen LogP contribution in [0, 0.1) is 6.92 Å². The zero-order valence-electron chi connectivity index (χ0n) is 17.3. The topological polar surface area (TPSA) is 54.0 Å². The maximum atomic E-state index is 13.6. The van der Waals surface area contributed by atoms with Crippen molar-refractivity contribution in [1.29, 1.82) is 0 Å². The predicted molar refractivity (Wildman–Crippen MR) is 109 cm³/mol. The Hall–Kier alpha value is -3.56. The van der Waals surface area contributed by atoms with Crippen LogP contribution in [0.3, 0.4) is 0 Å². The van der Waals surface area contributed by atoms with Crippen LogP contribution in [0.1, 0.15) is 39.6 Å². The molecule has 0 fully saturated rings. The number of pyridine rings is 1. The number of halogens is 6. The minimum Gasteiger partial charge on any atom is -0.334 e. The zero-order chi connectivity index (χ0) is 24.2. The Kier molecular flexibility index (Phi) is 6.95. The summed E-state index contributed by atoms with van der Waals surface area (Å²) in [5.74, 6) is 0. The fraction of sp³-hybridized carbons (Fsp3) is 0.217. The van der Waals surface area contributed by atoms with Gasteiger partial charge in [-0.2, -0.15) is 26.3 Å². The van der Waals surface area contributed by atoms with Crippen LogP contribution < -0.4 is 10.6 Å². The van der Waals surface area contributed by atoms with E-state index in [0.717, 1.165) is 53.7 Å². The summed E-state index contributed by atoms with van der Waals surface area (Å²) in [6.07, 6.45) is -8.28. The van der Waals surface area contributed by atoms with Gasteiger partial charge in [-0.1, -0.05) is 42.0 Å². The van der Waals surface area contributed by atoms with Gasteiger partial charge in [0.2, 0.25) is 0 Å². The van der Waals surface area contributed by atoms with Crippen molar-refractivity contribution in [2.45, 2.75) is 31.9 Å². The van der Waals surface area contributed by atoms with Crippen LogP contribution in [-0.2, 0) is 18.9 Å². The molecule has 0 spiro atoms. The Labute approximate surface area is 185 Å². The number of rotatable bonds is 5. The second kappa shape index (κ2) is 9.51. The molecule has 33 heavy (non-hydrogen) atoms. The summed E-state index contributed by atoms with van der Waals surface area (Å²) in [6, 6.07) is 10.4. The van der Waals surface area contributed by atoms with E-state index in [0.29, 0.717) is 0 Å². The minimum absolute atomic E-state index is 0.0119. The third-order valence-electron chi connectivity index (χ3n) is 4.80. The van der Waals surface area contributed by atoms with Crippen LogP contribution in [0.5, 0.6) is 0 Å². The quantitative estimate of drug-likeness (QED) is 0.451. The first-order valence-electron chi connectivity index (χ1n) is 9.74. The third-order valence-corrected chi connectivity index (χ3v) is 4.80. The van der Waals surface area contributed by atoms with Gasteiger partial charge in [-0.05, 0) is 42.3 Å². The first-order valence-corrected chi connectivity index (χ1v) is 9.74. The highest BCUT2D eigenvalue weighted by molar-refractivity contribution is 5.75. The summed E-state index contributed by atoms with van der Waals surface area (Å²) < 4.78 is 79.5. The first-order chi connectivity index (χ1) is 15.4. The highest BCUT2D eigenvalue weighted by Crippen LogP contribution is 2.36. The van der Waals surface area contributed by atoms with Gasteiger partial charge in [-0.25, -0.2) is 4.79 Å². The van der Waals surface area contributed by atoms with E-state index in [4.69, 9.17) is 0 Å². The first kappa shape index (κ1) is 24.1. The van der Waals surface area contributed by atoms with E-state index in [1.54, 1.807) is 12.1 Å². The molecule has 1 aromatic heterocycles. The Bertz CT molecular complexity index is 1110. The van der Waals surface area contributed by atoms with Crippen LogP contribution in [0.2, 0.25) is 0 Å². The van der Waals surface area contributed by atoms with E-state index in [2.05, 4.69) is 15.6 Å². The summed E-state index contributed by atoms with van der Waals surface area (Å²) in [7, 11) is 0. The molecule has 0 unspecified atom stereocenters. The highest BCUT2D eigenvalue weighted by Gasteiger charge is 2.37. The predicted octanol–water partition coefficient (Wildman–Crippen LogP) is 6.02. The van der Waals surface area contributed by atoms with Crippen LogP contribution >= 0.6 is 0 Å². The normalized spacial score (nSPS) is 12.8. The number of carbonyl (C=O) groups excluding carboxylic acids is 1. The molecule has 10 heteroatoms. The number of aryl methyl sites for hydroxylation is 1. The van der Waals surface area contributed by atoms with Gasteiger partial charge in [-0.15, -0.1) is 0 Å². The smallest absolute Gasteiger partial charge is 0.334 e. The summed E-state index contributed by atoms with van der Waals surface area (Å²) in [6.45, 7) is 1.96. The fourth-order valence-corrected chi connectivity index (χ4v) is 3.25. The summed E-state index contributed by atoms with van der Waals surface area (Å²) in [5.41, 5.74) is -0.862. The van der Waals surface area contributed by atoms with Gasteiger partial charge in [0.1, 0.15) is 0 Å². The van der Waals surface area contributed by atoms with Gasteiger partial charge in [0, 0.05) is 12.7 Å². The maximum Gasteiger partial charge on any atom is 0.418 e. The Morgan fingerprint density at radius 2 is 1.64 bits per heavy atom. The molecule has 0 radical (unpaired) electrons. The molecule has 2 N–H and O–H groups in total. The number of carbonyl (C=O) groups is 1. The fourth-order valence-electron chi connectivity index (χ4n) is 3.25. The van der Waals surface area contributed by atoms with Gasteiger partial charge >= 0.3 is 18.4 Å². The van der Waals surface area contributed by atoms with Crippen LogP contribution in [0.4, 0.5) is 31.1 Å². The lowest BCUT2D eigenvalue weighted by molar-refractivity contribution is -0.139. The monoisotopic (exact) mass is 467 g/mol. The van der Waals surface area contributed by atoms with Crippen LogP contribution in [-0.4, -0.2) is 11.0 Å². The molecule has 2 amide bonds. The average Bonchev–Trinajstić information content (AvgIpc) is 2.75. The van der Waals surface area contributed by atoms with E-state index < -0.39 is 41.2 Å². The van der Waals surface area contributed by atoms with Crippen LogP contribution in [0.15, 0.2) is 66.9 Å². The SMILES string of the molecule is Cc1cccc(CNC(=O)N[C@@H](c2ccc(C(F)(F)F)cc2)c2ncccc2C(F)(F)F)c1. The number of urea groups is 1. The molecule has 0 aliphatic carbocycles. The average molecular weight is 467 g/mol. The van der Waals surface area contributed by atoms with E-state index in [1.807, 2.05) is 19.1 Å². The number of hydrogen-bond acceptors (Lipinski definition) is 2. The molecule has 1 atom stereocenters. The molecule has 2 aromatic carbocycles. The molecule has 4 nitrogen and oxygen atoms in total. The van der Waals surface area contributed by atoms with Gasteiger partial charge in [0.05, 0.1) is 22.9 Å². The third kappa shape index (κ3) is 6.24.